The van der Waals surface area contributed by atoms with Gasteiger partial charge in [-0.2, -0.15) is 0 Å². The number of hydrogen-bond donors (Lipinski definition) is 2. The predicted octanol–water partition coefficient (Wildman–Crippen LogP) is 3.28. The molecule has 26 heavy (non-hydrogen) atoms. The molecular weight excluding hydrogens is 332 g/mol. The van der Waals surface area contributed by atoms with Crippen LogP contribution in [0.4, 0.5) is 17.2 Å². The molecule has 8 heteroatoms. The van der Waals surface area contributed by atoms with Crippen molar-refractivity contribution in [2.45, 2.75) is 0 Å². The summed E-state index contributed by atoms with van der Waals surface area (Å²) in [5.74, 6) is 0.555. The van der Waals surface area contributed by atoms with Gasteiger partial charge in [-0.3, -0.25) is 20.1 Å². The van der Waals surface area contributed by atoms with Crippen molar-refractivity contribution in [2.75, 3.05) is 12.4 Å². The minimum atomic E-state index is -0.439. The first-order valence-corrected chi connectivity index (χ1v) is 7.73. The zero-order valence-corrected chi connectivity index (χ0v) is 14.0. The average molecular weight is 348 g/mol. The van der Waals surface area contributed by atoms with Gasteiger partial charge in [0.15, 0.2) is 0 Å². The Hall–Kier alpha value is -3.81. The van der Waals surface area contributed by atoms with E-state index in [1.807, 2.05) is 12.1 Å². The molecule has 0 bridgehead atoms. The minimum Gasteiger partial charge on any atom is -0.404 e. The van der Waals surface area contributed by atoms with Gasteiger partial charge in [-0.05, 0) is 24.3 Å². The molecule has 3 N–H and O–H groups in total. The Balaban J connectivity index is 1.95. The zero-order valence-electron chi connectivity index (χ0n) is 14.0. The van der Waals surface area contributed by atoms with Crippen molar-refractivity contribution in [1.82, 2.24) is 9.97 Å². The quantitative estimate of drug-likeness (QED) is 0.415. The number of hydrogen-bond acceptors (Lipinski definition) is 7. The van der Waals surface area contributed by atoms with E-state index < -0.39 is 4.92 Å². The second-order valence-corrected chi connectivity index (χ2v) is 5.40. The first kappa shape index (κ1) is 17.0. The summed E-state index contributed by atoms with van der Waals surface area (Å²) in [6.07, 6.45) is 4.81. The number of nitrogens with zero attached hydrogens (tertiary/aromatic N) is 4. The highest BCUT2D eigenvalue weighted by atomic mass is 16.6. The first-order valence-electron chi connectivity index (χ1n) is 7.73. The molecule has 0 atom stereocenters. The van der Waals surface area contributed by atoms with Crippen molar-refractivity contribution in [2.24, 2.45) is 10.7 Å². The molecule has 0 fully saturated rings. The number of non-ortho nitro benzene ring substituents is 1. The third kappa shape index (κ3) is 3.64. The molecule has 0 radical (unpaired) electrons. The Bertz CT molecular complexity index is 1030. The number of nitro groups is 1. The van der Waals surface area contributed by atoms with Crippen LogP contribution in [0.1, 0.15) is 5.56 Å². The second-order valence-electron chi connectivity index (χ2n) is 5.40. The van der Waals surface area contributed by atoms with Crippen LogP contribution in [0.15, 0.2) is 59.9 Å². The van der Waals surface area contributed by atoms with Crippen molar-refractivity contribution >= 4 is 40.0 Å². The van der Waals surface area contributed by atoms with Crippen LogP contribution in [-0.4, -0.2) is 28.2 Å². The molecule has 2 aromatic heterocycles. The lowest BCUT2D eigenvalue weighted by Gasteiger charge is -2.08. The molecule has 0 aliphatic rings. The summed E-state index contributed by atoms with van der Waals surface area (Å²) in [6.45, 7) is 0. The molecule has 3 rings (SSSR count). The number of nitrogens with two attached hydrogens (primary N) is 1. The molecule has 0 aliphatic carbocycles. The number of fused-ring (bicyclic) bond motifs is 1. The van der Waals surface area contributed by atoms with Gasteiger partial charge >= 0.3 is 0 Å². The van der Waals surface area contributed by atoms with Crippen LogP contribution in [0.25, 0.3) is 16.6 Å². The van der Waals surface area contributed by atoms with E-state index in [0.29, 0.717) is 17.0 Å². The molecule has 0 saturated heterocycles. The SMILES string of the molecule is CN=CC(=CN)c1cnc2ccc(Nc3cccc([N+](=O)[O-])c3)nc2c1. The van der Waals surface area contributed by atoms with Gasteiger partial charge < -0.3 is 11.1 Å². The van der Waals surface area contributed by atoms with Crippen LogP contribution in [-0.2, 0) is 0 Å². The van der Waals surface area contributed by atoms with Crippen molar-refractivity contribution < 1.29 is 4.92 Å². The highest BCUT2D eigenvalue weighted by Crippen LogP contribution is 2.23. The fourth-order valence-electron chi connectivity index (χ4n) is 2.43. The molecule has 3 aromatic rings. The van der Waals surface area contributed by atoms with Crippen LogP contribution in [0, 0.1) is 10.1 Å². The van der Waals surface area contributed by atoms with E-state index in [1.165, 1.54) is 18.3 Å². The minimum absolute atomic E-state index is 0.0105. The molecule has 0 aliphatic heterocycles. The largest absolute Gasteiger partial charge is 0.404 e. The number of benzene rings is 1. The number of pyridine rings is 2. The maximum absolute atomic E-state index is 10.9. The Morgan fingerprint density at radius 2 is 2.12 bits per heavy atom. The van der Waals surface area contributed by atoms with E-state index in [0.717, 1.165) is 16.7 Å². The summed E-state index contributed by atoms with van der Waals surface area (Å²) in [6, 6.07) is 11.7. The third-order valence-corrected chi connectivity index (χ3v) is 3.65. The van der Waals surface area contributed by atoms with Crippen LogP contribution in [0.5, 0.6) is 0 Å². The second kappa shape index (κ2) is 7.39. The maximum atomic E-state index is 10.9. The van der Waals surface area contributed by atoms with Crippen LogP contribution in [0.2, 0.25) is 0 Å². The standard InChI is InChI=1S/C18H16N6O2/c1-20-10-13(9-19)12-7-17-16(21-11-12)5-6-18(23-17)22-14-3-2-4-15(8-14)24(25)26/h2-11H,19H2,1H3,(H,22,23). The van der Waals surface area contributed by atoms with Crippen molar-refractivity contribution in [3.63, 3.8) is 0 Å². The number of rotatable bonds is 5. The molecule has 8 nitrogen and oxygen atoms in total. The number of allylic oxidation sites excluding steroid dienone is 1. The van der Waals surface area contributed by atoms with E-state index in [-0.39, 0.29) is 5.69 Å². The van der Waals surface area contributed by atoms with Gasteiger partial charge in [0, 0.05) is 54.6 Å². The van der Waals surface area contributed by atoms with Crippen LogP contribution >= 0.6 is 0 Å². The third-order valence-electron chi connectivity index (χ3n) is 3.65. The number of nitro benzene ring substituents is 1. The van der Waals surface area contributed by atoms with Gasteiger partial charge in [0.1, 0.15) is 5.82 Å². The molecule has 0 unspecified atom stereocenters. The van der Waals surface area contributed by atoms with E-state index in [4.69, 9.17) is 5.73 Å². The molecular formula is C18H16N6O2. The normalized spacial score (nSPS) is 11.8. The summed E-state index contributed by atoms with van der Waals surface area (Å²) >= 11 is 0. The number of aromatic nitrogens is 2. The molecule has 130 valence electrons. The molecule has 0 amide bonds. The van der Waals surface area contributed by atoms with Crippen molar-refractivity contribution in [3.8, 4) is 0 Å². The molecule has 0 saturated carbocycles. The van der Waals surface area contributed by atoms with Crippen molar-refractivity contribution in [1.29, 1.82) is 0 Å². The number of anilines is 2. The van der Waals surface area contributed by atoms with E-state index in [1.54, 1.807) is 37.7 Å². The smallest absolute Gasteiger partial charge is 0.271 e. The van der Waals surface area contributed by atoms with Crippen molar-refractivity contribution in [3.05, 3.63) is 70.5 Å². The number of aliphatic imine (C=N–C) groups is 1. The average Bonchev–Trinajstić information content (AvgIpc) is 2.65. The zero-order chi connectivity index (χ0) is 18.5. The summed E-state index contributed by atoms with van der Waals surface area (Å²) in [5.41, 5.74) is 9.15. The van der Waals surface area contributed by atoms with E-state index in [9.17, 15) is 10.1 Å². The molecule has 0 spiro atoms. The fourth-order valence-corrected chi connectivity index (χ4v) is 2.43. The van der Waals surface area contributed by atoms with Gasteiger partial charge in [-0.15, -0.1) is 0 Å². The van der Waals surface area contributed by atoms with Crippen LogP contribution < -0.4 is 11.1 Å². The lowest BCUT2D eigenvalue weighted by molar-refractivity contribution is -0.384. The Morgan fingerprint density at radius 1 is 1.27 bits per heavy atom. The lowest BCUT2D eigenvalue weighted by atomic mass is 10.1. The van der Waals surface area contributed by atoms with E-state index in [2.05, 4.69) is 20.3 Å². The Labute approximate surface area is 149 Å². The molecule has 1 aromatic carbocycles. The summed E-state index contributed by atoms with van der Waals surface area (Å²) < 4.78 is 0. The fraction of sp³-hybridized carbons (Fsp3) is 0.0556. The van der Waals surface area contributed by atoms with Gasteiger partial charge in [0.05, 0.1) is 16.0 Å². The maximum Gasteiger partial charge on any atom is 0.271 e. The van der Waals surface area contributed by atoms with Gasteiger partial charge in [0.2, 0.25) is 0 Å². The van der Waals surface area contributed by atoms with Gasteiger partial charge in [-0.25, -0.2) is 4.98 Å². The lowest BCUT2D eigenvalue weighted by Crippen LogP contribution is -1.97. The van der Waals surface area contributed by atoms with E-state index >= 15 is 0 Å². The van der Waals surface area contributed by atoms with Gasteiger partial charge in [-0.1, -0.05) is 6.07 Å². The number of nitrogens with one attached hydrogen (secondary N) is 1. The molecule has 2 heterocycles. The first-order chi connectivity index (χ1) is 12.6. The Morgan fingerprint density at radius 3 is 2.85 bits per heavy atom. The highest BCUT2D eigenvalue weighted by molar-refractivity contribution is 6.10. The summed E-state index contributed by atoms with van der Waals surface area (Å²) in [4.78, 5) is 23.3. The monoisotopic (exact) mass is 348 g/mol. The van der Waals surface area contributed by atoms with Crippen LogP contribution in [0.3, 0.4) is 0 Å². The highest BCUT2D eigenvalue weighted by Gasteiger charge is 2.08. The summed E-state index contributed by atoms with van der Waals surface area (Å²) in [5, 5.41) is 14.0. The Kier molecular flexibility index (Phi) is 4.84. The topological polar surface area (TPSA) is 119 Å². The van der Waals surface area contributed by atoms with Gasteiger partial charge in [0.25, 0.3) is 5.69 Å². The summed E-state index contributed by atoms with van der Waals surface area (Å²) in [7, 11) is 1.66. The predicted molar refractivity (Wildman–Crippen MR) is 102 cm³/mol.